The van der Waals surface area contributed by atoms with Gasteiger partial charge in [-0.3, -0.25) is 9.59 Å². The van der Waals surface area contributed by atoms with Gasteiger partial charge < -0.3 is 20.1 Å². The van der Waals surface area contributed by atoms with E-state index < -0.39 is 6.10 Å². The number of benzene rings is 2. The number of nitrogens with one attached hydrogen (secondary N) is 2. The minimum Gasteiger partial charge on any atom is -0.481 e. The number of ether oxygens (including phenoxy) is 2. The molecular formula is C24H30N2O4. The van der Waals surface area contributed by atoms with E-state index in [0.29, 0.717) is 29.5 Å². The van der Waals surface area contributed by atoms with Gasteiger partial charge in [0.1, 0.15) is 5.75 Å². The first-order chi connectivity index (χ1) is 14.4. The second kappa shape index (κ2) is 10.3. The summed E-state index contributed by atoms with van der Waals surface area (Å²) in [6.45, 7) is 7.14. The Morgan fingerprint density at radius 3 is 2.50 bits per heavy atom. The van der Waals surface area contributed by atoms with Crippen LogP contribution in [-0.2, 0) is 9.53 Å². The lowest BCUT2D eigenvalue weighted by Crippen LogP contribution is -2.34. The average molecular weight is 411 g/mol. The van der Waals surface area contributed by atoms with Gasteiger partial charge in [-0.15, -0.1) is 0 Å². The van der Waals surface area contributed by atoms with Crippen molar-refractivity contribution in [3.63, 3.8) is 0 Å². The number of anilines is 1. The van der Waals surface area contributed by atoms with Gasteiger partial charge in [0.25, 0.3) is 11.8 Å². The molecule has 1 aliphatic heterocycles. The highest BCUT2D eigenvalue weighted by molar-refractivity contribution is 6.04. The Balaban J connectivity index is 1.59. The molecular weight excluding hydrogens is 380 g/mol. The van der Waals surface area contributed by atoms with Gasteiger partial charge in [0.15, 0.2) is 6.10 Å². The van der Waals surface area contributed by atoms with Crippen molar-refractivity contribution in [1.82, 2.24) is 5.32 Å². The van der Waals surface area contributed by atoms with Crippen LogP contribution in [0.25, 0.3) is 0 Å². The van der Waals surface area contributed by atoms with E-state index in [9.17, 15) is 9.59 Å². The molecule has 0 aromatic heterocycles. The molecule has 2 amide bonds. The van der Waals surface area contributed by atoms with Crippen LogP contribution in [0.15, 0.2) is 48.5 Å². The lowest BCUT2D eigenvalue weighted by molar-refractivity contribution is -0.122. The molecule has 0 aliphatic carbocycles. The Hall–Kier alpha value is -2.86. The maximum absolute atomic E-state index is 12.6. The maximum Gasteiger partial charge on any atom is 0.265 e. The summed E-state index contributed by atoms with van der Waals surface area (Å²) in [6.07, 6.45) is 1.32. The lowest BCUT2D eigenvalue weighted by atomic mass is 10.0. The molecule has 2 aromatic carbocycles. The summed E-state index contributed by atoms with van der Waals surface area (Å²) in [4.78, 5) is 25.2. The molecule has 6 heteroatoms. The summed E-state index contributed by atoms with van der Waals surface area (Å²) in [5.74, 6) is 0.508. The van der Waals surface area contributed by atoms with Crippen LogP contribution in [0, 0.1) is 0 Å². The molecule has 0 saturated carbocycles. The molecule has 1 aliphatic rings. The Morgan fingerprint density at radius 1 is 1.10 bits per heavy atom. The summed E-state index contributed by atoms with van der Waals surface area (Å²) in [5, 5.41) is 5.70. The molecule has 0 radical (unpaired) electrons. The van der Waals surface area contributed by atoms with E-state index in [1.54, 1.807) is 31.2 Å². The van der Waals surface area contributed by atoms with Crippen LogP contribution in [0.1, 0.15) is 55.5 Å². The molecule has 3 rings (SSSR count). The topological polar surface area (TPSA) is 76.7 Å². The van der Waals surface area contributed by atoms with Gasteiger partial charge in [0, 0.05) is 13.2 Å². The Labute approximate surface area is 178 Å². The van der Waals surface area contributed by atoms with Gasteiger partial charge in [-0.05, 0) is 55.5 Å². The summed E-state index contributed by atoms with van der Waals surface area (Å²) in [7, 11) is 0. The monoisotopic (exact) mass is 410 g/mol. The van der Waals surface area contributed by atoms with Crippen LogP contribution >= 0.6 is 0 Å². The van der Waals surface area contributed by atoms with Crippen LogP contribution in [0.2, 0.25) is 0 Å². The zero-order chi connectivity index (χ0) is 21.5. The summed E-state index contributed by atoms with van der Waals surface area (Å²) >= 11 is 0. The largest absolute Gasteiger partial charge is 0.481 e. The molecule has 2 N–H and O–H groups in total. The van der Waals surface area contributed by atoms with Crippen LogP contribution in [0.4, 0.5) is 5.69 Å². The van der Waals surface area contributed by atoms with E-state index in [2.05, 4.69) is 24.5 Å². The normalized spacial score (nSPS) is 16.9. The van der Waals surface area contributed by atoms with E-state index in [4.69, 9.17) is 9.47 Å². The number of carbonyl (C=O) groups is 2. The van der Waals surface area contributed by atoms with Crippen LogP contribution in [0.3, 0.4) is 0 Å². The van der Waals surface area contributed by atoms with Crippen molar-refractivity contribution in [1.29, 1.82) is 0 Å². The quantitative estimate of drug-likeness (QED) is 0.686. The van der Waals surface area contributed by atoms with Gasteiger partial charge in [0.05, 0.1) is 17.4 Å². The number of amides is 2. The van der Waals surface area contributed by atoms with E-state index in [1.165, 1.54) is 5.56 Å². The van der Waals surface area contributed by atoms with E-state index in [1.807, 2.05) is 24.3 Å². The molecule has 2 atom stereocenters. The third kappa shape index (κ3) is 5.83. The minimum absolute atomic E-state index is 0.0613. The van der Waals surface area contributed by atoms with Crippen molar-refractivity contribution in [2.75, 3.05) is 18.5 Å². The van der Waals surface area contributed by atoms with Crippen molar-refractivity contribution < 1.29 is 19.1 Å². The second-order valence-electron chi connectivity index (χ2n) is 7.86. The van der Waals surface area contributed by atoms with Crippen molar-refractivity contribution in [3.8, 4) is 5.75 Å². The summed E-state index contributed by atoms with van der Waals surface area (Å²) in [5.41, 5.74) is 2.08. The van der Waals surface area contributed by atoms with E-state index >= 15 is 0 Å². The molecule has 6 nitrogen and oxygen atoms in total. The molecule has 2 aromatic rings. The molecule has 0 spiro atoms. The molecule has 1 saturated heterocycles. The first-order valence-corrected chi connectivity index (χ1v) is 10.5. The summed E-state index contributed by atoms with van der Waals surface area (Å²) < 4.78 is 11.3. The van der Waals surface area contributed by atoms with Gasteiger partial charge in [-0.1, -0.05) is 38.1 Å². The fourth-order valence-corrected chi connectivity index (χ4v) is 3.32. The third-order valence-corrected chi connectivity index (χ3v) is 5.17. The van der Waals surface area contributed by atoms with Crippen molar-refractivity contribution in [3.05, 3.63) is 59.7 Å². The standard InChI is InChI=1S/C24H30N2O4/c1-16(2)18-10-12-19(13-11-18)30-17(3)23(27)26-22-9-5-4-8-21(22)24(28)25-15-20-7-6-14-29-20/h4-5,8-13,16-17,20H,6-7,14-15H2,1-3H3,(H,25,28)(H,26,27)/t17-,20-/m0/s1. The fourth-order valence-electron chi connectivity index (χ4n) is 3.32. The number of hydrogen-bond donors (Lipinski definition) is 2. The van der Waals surface area contributed by atoms with E-state index in [-0.39, 0.29) is 17.9 Å². The Morgan fingerprint density at radius 2 is 1.83 bits per heavy atom. The molecule has 160 valence electrons. The molecule has 1 fully saturated rings. The van der Waals surface area contributed by atoms with Crippen LogP contribution in [-0.4, -0.2) is 37.2 Å². The number of para-hydroxylation sites is 1. The molecule has 30 heavy (non-hydrogen) atoms. The maximum atomic E-state index is 12.6. The van der Waals surface area contributed by atoms with Crippen molar-refractivity contribution in [2.45, 2.75) is 51.7 Å². The highest BCUT2D eigenvalue weighted by atomic mass is 16.5. The second-order valence-corrected chi connectivity index (χ2v) is 7.86. The number of rotatable bonds is 8. The highest BCUT2D eigenvalue weighted by Gasteiger charge is 2.20. The van der Waals surface area contributed by atoms with Crippen LogP contribution < -0.4 is 15.4 Å². The predicted octanol–water partition coefficient (Wildman–Crippen LogP) is 4.12. The minimum atomic E-state index is -0.710. The zero-order valence-electron chi connectivity index (χ0n) is 17.8. The van der Waals surface area contributed by atoms with Crippen molar-refractivity contribution in [2.24, 2.45) is 0 Å². The first-order valence-electron chi connectivity index (χ1n) is 10.5. The van der Waals surface area contributed by atoms with Gasteiger partial charge >= 0.3 is 0 Å². The van der Waals surface area contributed by atoms with Gasteiger partial charge in [-0.2, -0.15) is 0 Å². The SMILES string of the molecule is CC(C)c1ccc(O[C@@H](C)C(=O)Nc2ccccc2C(=O)NC[C@@H]2CCCO2)cc1. The molecule has 0 bridgehead atoms. The van der Waals surface area contributed by atoms with Crippen molar-refractivity contribution >= 4 is 17.5 Å². The molecule has 0 unspecified atom stereocenters. The third-order valence-electron chi connectivity index (χ3n) is 5.17. The number of hydrogen-bond acceptors (Lipinski definition) is 4. The summed E-state index contributed by atoms with van der Waals surface area (Å²) in [6, 6.07) is 14.7. The first kappa shape index (κ1) is 21.8. The Bertz CT molecular complexity index is 858. The Kier molecular flexibility index (Phi) is 7.46. The fraction of sp³-hybridized carbons (Fsp3) is 0.417. The predicted molar refractivity (Wildman–Crippen MR) is 117 cm³/mol. The lowest BCUT2D eigenvalue weighted by Gasteiger charge is -2.17. The smallest absolute Gasteiger partial charge is 0.265 e. The van der Waals surface area contributed by atoms with Gasteiger partial charge in [-0.25, -0.2) is 0 Å². The number of carbonyl (C=O) groups excluding carboxylic acids is 2. The van der Waals surface area contributed by atoms with Crippen LogP contribution in [0.5, 0.6) is 5.75 Å². The highest BCUT2D eigenvalue weighted by Crippen LogP contribution is 2.21. The molecule has 1 heterocycles. The van der Waals surface area contributed by atoms with E-state index in [0.717, 1.165) is 19.4 Å². The zero-order valence-corrected chi connectivity index (χ0v) is 17.8. The average Bonchev–Trinajstić information content (AvgIpc) is 3.26. The van der Waals surface area contributed by atoms with Gasteiger partial charge in [0.2, 0.25) is 0 Å².